The van der Waals surface area contributed by atoms with Crippen molar-refractivity contribution in [2.24, 2.45) is 5.73 Å². The largest absolute Gasteiger partial charge is 0.354 e. The Bertz CT molecular complexity index is 300. The summed E-state index contributed by atoms with van der Waals surface area (Å²) in [5, 5.41) is 6.38. The Morgan fingerprint density at radius 1 is 1.69 bits per heavy atom. The summed E-state index contributed by atoms with van der Waals surface area (Å²) in [6.07, 6.45) is 4.57. The van der Waals surface area contributed by atoms with E-state index in [9.17, 15) is 4.79 Å². The van der Waals surface area contributed by atoms with Crippen molar-refractivity contribution in [3.05, 3.63) is 12.2 Å². The van der Waals surface area contributed by atoms with E-state index < -0.39 is 6.04 Å². The van der Waals surface area contributed by atoms with Crippen LogP contribution >= 0.6 is 0 Å². The Morgan fingerprint density at radius 2 is 2.50 bits per heavy atom. The van der Waals surface area contributed by atoms with Crippen LogP contribution in [0.1, 0.15) is 32.0 Å². The summed E-state index contributed by atoms with van der Waals surface area (Å²) >= 11 is 0. The molecule has 1 aromatic rings. The highest BCUT2D eigenvalue weighted by molar-refractivity contribution is 5.81. The maximum atomic E-state index is 11.5. The van der Waals surface area contributed by atoms with Gasteiger partial charge in [-0.2, -0.15) is 4.98 Å². The summed E-state index contributed by atoms with van der Waals surface area (Å²) in [6.45, 7) is 2.55. The second kappa shape index (κ2) is 6.95. The first-order valence-corrected chi connectivity index (χ1v) is 5.52. The molecule has 0 aliphatic carbocycles. The van der Waals surface area contributed by atoms with Gasteiger partial charge in [-0.15, -0.1) is 0 Å². The molecule has 1 rings (SSSR count). The summed E-state index contributed by atoms with van der Waals surface area (Å²) in [5.74, 6) is 0.472. The van der Waals surface area contributed by atoms with Crippen molar-refractivity contribution in [2.75, 3.05) is 6.54 Å². The summed E-state index contributed by atoms with van der Waals surface area (Å²) in [7, 11) is 0. The van der Waals surface area contributed by atoms with Gasteiger partial charge in [0, 0.05) is 13.0 Å². The number of carbonyl (C=O) groups excluding carboxylic acids is 1. The monoisotopic (exact) mass is 226 g/mol. The highest BCUT2D eigenvalue weighted by Crippen LogP contribution is 1.98. The third kappa shape index (κ3) is 4.39. The number of nitrogens with zero attached hydrogens (tertiary/aromatic N) is 2. The molecule has 3 N–H and O–H groups in total. The van der Waals surface area contributed by atoms with Crippen LogP contribution in [0.4, 0.5) is 0 Å². The molecule has 0 fully saturated rings. The van der Waals surface area contributed by atoms with E-state index in [1.165, 1.54) is 6.39 Å². The molecule has 1 aromatic heterocycles. The molecule has 1 amide bonds. The molecule has 0 bridgehead atoms. The second-order valence-electron chi connectivity index (χ2n) is 3.64. The molecular formula is C10H18N4O2. The van der Waals surface area contributed by atoms with Crippen LogP contribution in [0.25, 0.3) is 0 Å². The maximum Gasteiger partial charge on any atom is 0.236 e. The second-order valence-corrected chi connectivity index (χ2v) is 3.64. The van der Waals surface area contributed by atoms with E-state index in [4.69, 9.17) is 5.73 Å². The number of hydrogen-bond donors (Lipinski definition) is 2. The van der Waals surface area contributed by atoms with E-state index in [2.05, 4.69) is 26.9 Å². The Balaban J connectivity index is 2.14. The normalized spacial score (nSPS) is 12.4. The third-order valence-corrected chi connectivity index (χ3v) is 2.26. The highest BCUT2D eigenvalue weighted by atomic mass is 16.5. The Labute approximate surface area is 94.6 Å². The van der Waals surface area contributed by atoms with Crippen molar-refractivity contribution in [3.8, 4) is 0 Å². The molecule has 90 valence electrons. The summed E-state index contributed by atoms with van der Waals surface area (Å²) in [4.78, 5) is 15.3. The lowest BCUT2D eigenvalue weighted by atomic mass is 10.1. The number of aromatic nitrogens is 2. The van der Waals surface area contributed by atoms with Crippen LogP contribution in [0, 0.1) is 0 Å². The number of carbonyl (C=O) groups is 1. The van der Waals surface area contributed by atoms with Gasteiger partial charge in [-0.05, 0) is 6.42 Å². The summed E-state index contributed by atoms with van der Waals surface area (Å²) in [6, 6.07) is -0.412. The summed E-state index contributed by atoms with van der Waals surface area (Å²) in [5.41, 5.74) is 5.70. The molecule has 0 unspecified atom stereocenters. The Hall–Kier alpha value is -1.43. The predicted molar refractivity (Wildman–Crippen MR) is 58.5 cm³/mol. The molecule has 0 aromatic carbocycles. The van der Waals surface area contributed by atoms with Gasteiger partial charge in [-0.25, -0.2) is 0 Å². The number of amides is 1. The van der Waals surface area contributed by atoms with Crippen LogP contribution in [-0.4, -0.2) is 28.6 Å². The van der Waals surface area contributed by atoms with Crippen molar-refractivity contribution in [1.29, 1.82) is 0 Å². The van der Waals surface area contributed by atoms with Crippen LogP contribution in [0.5, 0.6) is 0 Å². The molecule has 6 nitrogen and oxygen atoms in total. The zero-order chi connectivity index (χ0) is 11.8. The third-order valence-electron chi connectivity index (χ3n) is 2.26. The van der Waals surface area contributed by atoms with Gasteiger partial charge in [0.2, 0.25) is 12.3 Å². The number of hydrogen-bond acceptors (Lipinski definition) is 5. The molecule has 1 atom stereocenters. The average Bonchev–Trinajstić information content (AvgIpc) is 2.78. The molecule has 0 saturated carbocycles. The predicted octanol–water partition coefficient (Wildman–Crippen LogP) is 0.246. The lowest BCUT2D eigenvalue weighted by molar-refractivity contribution is -0.122. The van der Waals surface area contributed by atoms with Crippen molar-refractivity contribution in [1.82, 2.24) is 15.5 Å². The zero-order valence-corrected chi connectivity index (χ0v) is 9.48. The van der Waals surface area contributed by atoms with Crippen LogP contribution in [0.3, 0.4) is 0 Å². The van der Waals surface area contributed by atoms with Gasteiger partial charge >= 0.3 is 0 Å². The van der Waals surface area contributed by atoms with Gasteiger partial charge in [0.05, 0.1) is 6.04 Å². The first-order valence-electron chi connectivity index (χ1n) is 5.52. The van der Waals surface area contributed by atoms with Gasteiger partial charge < -0.3 is 15.6 Å². The van der Waals surface area contributed by atoms with Crippen LogP contribution in [0.2, 0.25) is 0 Å². The van der Waals surface area contributed by atoms with Crippen molar-refractivity contribution < 1.29 is 9.32 Å². The number of nitrogens with one attached hydrogen (secondary N) is 1. The van der Waals surface area contributed by atoms with E-state index in [-0.39, 0.29) is 5.91 Å². The van der Waals surface area contributed by atoms with Crippen LogP contribution in [0.15, 0.2) is 10.9 Å². The van der Waals surface area contributed by atoms with Gasteiger partial charge in [-0.1, -0.05) is 24.9 Å². The molecule has 0 spiro atoms. The minimum absolute atomic E-state index is 0.114. The smallest absolute Gasteiger partial charge is 0.236 e. The summed E-state index contributed by atoms with van der Waals surface area (Å²) < 4.78 is 4.57. The minimum atomic E-state index is -0.412. The number of unbranched alkanes of at least 4 members (excludes halogenated alkanes) is 1. The molecule has 0 radical (unpaired) electrons. The Kier molecular flexibility index (Phi) is 5.49. The lowest BCUT2D eigenvalue weighted by Crippen LogP contribution is -2.41. The van der Waals surface area contributed by atoms with Crippen molar-refractivity contribution in [3.63, 3.8) is 0 Å². The fourth-order valence-electron chi connectivity index (χ4n) is 1.29. The fraction of sp³-hybridized carbons (Fsp3) is 0.700. The van der Waals surface area contributed by atoms with E-state index in [0.717, 1.165) is 19.3 Å². The number of nitrogens with two attached hydrogens (primary N) is 1. The first-order chi connectivity index (χ1) is 7.74. The maximum absolute atomic E-state index is 11.5. The Morgan fingerprint density at radius 3 is 3.12 bits per heavy atom. The quantitative estimate of drug-likeness (QED) is 0.694. The van der Waals surface area contributed by atoms with Gasteiger partial charge in [0.15, 0.2) is 5.82 Å². The number of rotatable bonds is 7. The molecule has 0 saturated heterocycles. The standard InChI is InChI=1S/C10H18N4O2/c1-2-3-4-8(11)10(15)12-6-5-9-13-7-16-14-9/h7-8H,2-6,11H2,1H3,(H,12,15)/t8-/m0/s1. The zero-order valence-electron chi connectivity index (χ0n) is 9.48. The van der Waals surface area contributed by atoms with Crippen molar-refractivity contribution in [2.45, 2.75) is 38.6 Å². The fourth-order valence-corrected chi connectivity index (χ4v) is 1.29. The molecular weight excluding hydrogens is 208 g/mol. The lowest BCUT2D eigenvalue weighted by Gasteiger charge is -2.10. The molecule has 0 aliphatic heterocycles. The molecule has 1 heterocycles. The average molecular weight is 226 g/mol. The topological polar surface area (TPSA) is 94.0 Å². The van der Waals surface area contributed by atoms with E-state index in [1.54, 1.807) is 0 Å². The highest BCUT2D eigenvalue weighted by Gasteiger charge is 2.11. The molecule has 0 aliphatic rings. The van der Waals surface area contributed by atoms with Crippen molar-refractivity contribution >= 4 is 5.91 Å². The van der Waals surface area contributed by atoms with Crippen LogP contribution in [-0.2, 0) is 11.2 Å². The van der Waals surface area contributed by atoms with Gasteiger partial charge in [0.1, 0.15) is 0 Å². The van der Waals surface area contributed by atoms with E-state index in [0.29, 0.717) is 18.8 Å². The first kappa shape index (κ1) is 12.6. The minimum Gasteiger partial charge on any atom is -0.354 e. The SMILES string of the molecule is CCCC[C@H](N)C(=O)NCCc1ncon1. The van der Waals surface area contributed by atoms with Gasteiger partial charge in [-0.3, -0.25) is 4.79 Å². The van der Waals surface area contributed by atoms with Gasteiger partial charge in [0.25, 0.3) is 0 Å². The van der Waals surface area contributed by atoms with E-state index >= 15 is 0 Å². The molecule has 6 heteroatoms. The van der Waals surface area contributed by atoms with Crippen LogP contribution < -0.4 is 11.1 Å². The van der Waals surface area contributed by atoms with E-state index in [1.807, 2.05) is 0 Å². The molecule has 16 heavy (non-hydrogen) atoms.